The molecule has 1 aromatic rings. The van der Waals surface area contributed by atoms with Crippen molar-refractivity contribution in [1.29, 1.82) is 0 Å². The van der Waals surface area contributed by atoms with Crippen LogP contribution in [0.4, 0.5) is 0 Å². The van der Waals surface area contributed by atoms with E-state index in [1.165, 1.54) is 10.4 Å². The molecule has 4 heteroatoms. The molecule has 0 spiro atoms. The van der Waals surface area contributed by atoms with E-state index < -0.39 is 0 Å². The van der Waals surface area contributed by atoms with Gasteiger partial charge in [0.05, 0.1) is 12.6 Å². The van der Waals surface area contributed by atoms with Crippen LogP contribution in [0.3, 0.4) is 0 Å². The van der Waals surface area contributed by atoms with Crippen molar-refractivity contribution in [3.8, 4) is 0 Å². The fourth-order valence-electron chi connectivity index (χ4n) is 1.62. The Labute approximate surface area is 94.1 Å². The maximum atomic E-state index is 11.8. The quantitative estimate of drug-likeness (QED) is 0.841. The first-order valence-electron chi connectivity index (χ1n) is 5.20. The monoisotopic (exact) mass is 224 g/mol. The summed E-state index contributed by atoms with van der Waals surface area (Å²) in [5, 5.41) is 5.21. The van der Waals surface area contributed by atoms with Crippen LogP contribution in [0.2, 0.25) is 0 Å². The predicted octanol–water partition coefficient (Wildman–Crippen LogP) is 1.38. The number of rotatable bonds is 3. The molecule has 0 aliphatic carbocycles. The number of amides is 1. The molecule has 1 amide bonds. The smallest absolute Gasteiger partial charge is 0.239 e. The standard InChI is InChI=1S/C11H16N2OS/c1-8-4-6-15-10(8)7-13(2)11(14)9-3-5-12-9/h4,6,9,12H,3,5,7H2,1-2H3/t9-/m1/s1. The van der Waals surface area contributed by atoms with Gasteiger partial charge in [0.2, 0.25) is 5.91 Å². The average Bonchev–Trinajstić information content (AvgIpc) is 2.49. The second-order valence-electron chi connectivity index (χ2n) is 4.02. The maximum absolute atomic E-state index is 11.8. The summed E-state index contributed by atoms with van der Waals surface area (Å²) in [5.41, 5.74) is 1.28. The lowest BCUT2D eigenvalue weighted by Crippen LogP contribution is -2.53. The summed E-state index contributed by atoms with van der Waals surface area (Å²) < 4.78 is 0. The van der Waals surface area contributed by atoms with Crippen molar-refractivity contribution in [1.82, 2.24) is 10.2 Å². The van der Waals surface area contributed by atoms with E-state index in [-0.39, 0.29) is 11.9 Å². The number of aryl methyl sites for hydroxylation is 1. The highest BCUT2D eigenvalue weighted by Gasteiger charge is 2.27. The van der Waals surface area contributed by atoms with Gasteiger partial charge in [0.15, 0.2) is 0 Å². The van der Waals surface area contributed by atoms with Gasteiger partial charge in [-0.15, -0.1) is 11.3 Å². The molecule has 0 unspecified atom stereocenters. The van der Waals surface area contributed by atoms with Crippen LogP contribution in [-0.4, -0.2) is 30.4 Å². The SMILES string of the molecule is Cc1ccsc1CN(C)C(=O)[C@H]1CCN1. The zero-order chi connectivity index (χ0) is 10.8. The van der Waals surface area contributed by atoms with Gasteiger partial charge in [0.1, 0.15) is 0 Å². The highest BCUT2D eigenvalue weighted by atomic mass is 32.1. The molecule has 0 aromatic carbocycles. The van der Waals surface area contributed by atoms with Gasteiger partial charge in [0, 0.05) is 11.9 Å². The van der Waals surface area contributed by atoms with E-state index >= 15 is 0 Å². The summed E-state index contributed by atoms with van der Waals surface area (Å²) in [5.74, 6) is 0.217. The number of nitrogens with zero attached hydrogens (tertiary/aromatic N) is 1. The maximum Gasteiger partial charge on any atom is 0.239 e. The van der Waals surface area contributed by atoms with Gasteiger partial charge in [0.25, 0.3) is 0 Å². The summed E-state index contributed by atoms with van der Waals surface area (Å²) in [6.07, 6.45) is 0.979. The molecule has 1 aliphatic rings. The molecule has 1 aromatic heterocycles. The van der Waals surface area contributed by atoms with E-state index in [0.717, 1.165) is 19.5 Å². The van der Waals surface area contributed by atoms with E-state index in [1.54, 1.807) is 11.3 Å². The summed E-state index contributed by atoms with van der Waals surface area (Å²) in [6, 6.07) is 2.16. The molecule has 1 aliphatic heterocycles. The topological polar surface area (TPSA) is 32.3 Å². The van der Waals surface area contributed by atoms with Gasteiger partial charge in [-0.3, -0.25) is 4.79 Å². The Morgan fingerprint density at radius 1 is 1.73 bits per heavy atom. The van der Waals surface area contributed by atoms with E-state index in [1.807, 2.05) is 11.9 Å². The minimum absolute atomic E-state index is 0.0651. The van der Waals surface area contributed by atoms with Crippen LogP contribution < -0.4 is 5.32 Å². The van der Waals surface area contributed by atoms with E-state index in [9.17, 15) is 4.79 Å². The van der Waals surface area contributed by atoms with Crippen LogP contribution in [0, 0.1) is 6.92 Å². The van der Waals surface area contributed by atoms with Crippen molar-refractivity contribution >= 4 is 17.2 Å². The zero-order valence-corrected chi connectivity index (χ0v) is 9.93. The van der Waals surface area contributed by atoms with Gasteiger partial charge in [-0.05, 0) is 36.9 Å². The molecule has 15 heavy (non-hydrogen) atoms. The molecule has 82 valence electrons. The lowest BCUT2D eigenvalue weighted by molar-refractivity contribution is -0.134. The normalized spacial score (nSPS) is 19.7. The van der Waals surface area contributed by atoms with Gasteiger partial charge in [-0.2, -0.15) is 0 Å². The third-order valence-electron chi connectivity index (χ3n) is 2.85. The Morgan fingerprint density at radius 3 is 2.93 bits per heavy atom. The summed E-state index contributed by atoms with van der Waals surface area (Å²) in [4.78, 5) is 14.9. The van der Waals surface area contributed by atoms with Gasteiger partial charge in [-0.1, -0.05) is 0 Å². The van der Waals surface area contributed by atoms with Gasteiger partial charge >= 0.3 is 0 Å². The predicted molar refractivity (Wildman–Crippen MR) is 61.9 cm³/mol. The van der Waals surface area contributed by atoms with Crippen LogP contribution >= 0.6 is 11.3 Å². The number of thiophene rings is 1. The van der Waals surface area contributed by atoms with E-state index in [0.29, 0.717) is 0 Å². The second-order valence-corrected chi connectivity index (χ2v) is 5.02. The molecule has 1 atom stereocenters. The van der Waals surface area contributed by atoms with Gasteiger partial charge < -0.3 is 10.2 Å². The second kappa shape index (κ2) is 4.33. The van der Waals surface area contributed by atoms with Crippen LogP contribution in [-0.2, 0) is 11.3 Å². The first-order valence-corrected chi connectivity index (χ1v) is 6.08. The van der Waals surface area contributed by atoms with Crippen molar-refractivity contribution in [2.45, 2.75) is 25.9 Å². The molecule has 2 rings (SSSR count). The fraction of sp³-hybridized carbons (Fsp3) is 0.545. The van der Waals surface area contributed by atoms with Crippen molar-refractivity contribution in [3.05, 3.63) is 21.9 Å². The Bertz CT molecular complexity index is 357. The minimum Gasteiger partial charge on any atom is -0.339 e. The van der Waals surface area contributed by atoms with Crippen LogP contribution in [0.1, 0.15) is 16.9 Å². The Morgan fingerprint density at radius 2 is 2.47 bits per heavy atom. The average molecular weight is 224 g/mol. The Hall–Kier alpha value is -0.870. The molecule has 2 heterocycles. The number of carbonyl (C=O) groups is 1. The third-order valence-corrected chi connectivity index (χ3v) is 3.85. The van der Waals surface area contributed by atoms with Gasteiger partial charge in [-0.25, -0.2) is 0 Å². The highest BCUT2D eigenvalue weighted by molar-refractivity contribution is 7.10. The molecule has 0 radical (unpaired) electrons. The molecule has 1 fully saturated rings. The van der Waals surface area contributed by atoms with E-state index in [4.69, 9.17) is 0 Å². The number of carbonyl (C=O) groups excluding carboxylic acids is 1. The van der Waals surface area contributed by atoms with Crippen molar-refractivity contribution in [2.75, 3.05) is 13.6 Å². The molecule has 0 saturated carbocycles. The summed E-state index contributed by atoms with van der Waals surface area (Å²) in [7, 11) is 1.88. The van der Waals surface area contributed by atoms with Crippen molar-refractivity contribution < 1.29 is 4.79 Å². The Kier molecular flexibility index (Phi) is 3.07. The van der Waals surface area contributed by atoms with Crippen LogP contribution in [0.15, 0.2) is 11.4 Å². The highest BCUT2D eigenvalue weighted by Crippen LogP contribution is 2.18. The largest absolute Gasteiger partial charge is 0.339 e. The first kappa shape index (κ1) is 10.6. The number of likely N-dealkylation sites (N-methyl/N-ethyl adjacent to an activating group) is 1. The summed E-state index contributed by atoms with van der Waals surface area (Å²) in [6.45, 7) is 3.80. The lowest BCUT2D eigenvalue weighted by Gasteiger charge is -2.30. The van der Waals surface area contributed by atoms with Crippen LogP contribution in [0.25, 0.3) is 0 Å². The molecule has 1 N–H and O–H groups in total. The molecule has 1 saturated heterocycles. The van der Waals surface area contributed by atoms with Crippen LogP contribution in [0.5, 0.6) is 0 Å². The lowest BCUT2D eigenvalue weighted by atomic mass is 10.1. The Balaban J connectivity index is 1.94. The van der Waals surface area contributed by atoms with E-state index in [2.05, 4.69) is 23.7 Å². The minimum atomic E-state index is 0.0651. The molecule has 0 bridgehead atoms. The number of nitrogens with one attached hydrogen (secondary N) is 1. The summed E-state index contributed by atoms with van der Waals surface area (Å²) >= 11 is 1.72. The molecular weight excluding hydrogens is 208 g/mol. The molecule has 3 nitrogen and oxygen atoms in total. The third kappa shape index (κ3) is 2.21. The first-order chi connectivity index (χ1) is 7.18. The van der Waals surface area contributed by atoms with Crippen molar-refractivity contribution in [3.63, 3.8) is 0 Å². The molecular formula is C11H16N2OS. The zero-order valence-electron chi connectivity index (χ0n) is 9.12. The van der Waals surface area contributed by atoms with Crippen molar-refractivity contribution in [2.24, 2.45) is 0 Å². The fourth-order valence-corrected chi connectivity index (χ4v) is 2.58. The number of hydrogen-bond donors (Lipinski definition) is 1. The number of hydrogen-bond acceptors (Lipinski definition) is 3.